The third-order valence-electron chi connectivity index (χ3n) is 3.38. The number of benzene rings is 1. The lowest BCUT2D eigenvalue weighted by Gasteiger charge is -2.22. The number of hydrogen-bond donors (Lipinski definition) is 2. The zero-order valence-electron chi connectivity index (χ0n) is 10.8. The molecule has 1 heterocycles. The highest BCUT2D eigenvalue weighted by molar-refractivity contribution is 6.02. The average molecular weight is 267 g/mol. The van der Waals surface area contributed by atoms with Gasteiger partial charge in [0.05, 0.1) is 17.9 Å². The number of halogens is 1. The lowest BCUT2D eigenvalue weighted by molar-refractivity contribution is 0.161. The molecule has 0 aliphatic carbocycles. The van der Waals surface area contributed by atoms with Crippen LogP contribution in [-0.2, 0) is 4.74 Å². The molecule has 1 atom stereocenters. The zero-order chi connectivity index (χ0) is 13.8. The molecule has 1 aliphatic rings. The number of nitrogens with two attached hydrogens (primary N) is 1. The quantitative estimate of drug-likeness (QED) is 0.374. The van der Waals surface area contributed by atoms with Crippen LogP contribution in [0.4, 0.5) is 10.1 Å². The standard InChI is InChI=1S/C13H18FN3O2/c1-19-8-9-5-6-17(7-9)11-4-2-3-10(14)12(11)13(15)16-18/h2-4,9,18H,5-8H2,1H3,(H2,15,16). The molecule has 1 aliphatic heterocycles. The Morgan fingerprint density at radius 3 is 3.11 bits per heavy atom. The topological polar surface area (TPSA) is 71.1 Å². The van der Waals surface area contributed by atoms with Crippen molar-refractivity contribution in [2.75, 3.05) is 31.7 Å². The first kappa shape index (κ1) is 13.6. The summed E-state index contributed by atoms with van der Waals surface area (Å²) in [5, 5.41) is 11.7. The number of hydrogen-bond acceptors (Lipinski definition) is 4. The summed E-state index contributed by atoms with van der Waals surface area (Å²) in [4.78, 5) is 2.04. The molecular weight excluding hydrogens is 249 g/mol. The average Bonchev–Trinajstić information content (AvgIpc) is 2.86. The van der Waals surface area contributed by atoms with Crippen LogP contribution in [0.1, 0.15) is 12.0 Å². The van der Waals surface area contributed by atoms with Crippen LogP contribution in [0.15, 0.2) is 23.4 Å². The van der Waals surface area contributed by atoms with Crippen molar-refractivity contribution < 1.29 is 14.3 Å². The van der Waals surface area contributed by atoms with Gasteiger partial charge in [-0.3, -0.25) is 0 Å². The van der Waals surface area contributed by atoms with Gasteiger partial charge in [0.2, 0.25) is 0 Å². The third kappa shape index (κ3) is 2.78. The zero-order valence-corrected chi connectivity index (χ0v) is 10.8. The van der Waals surface area contributed by atoms with Crippen LogP contribution < -0.4 is 10.6 Å². The highest BCUT2D eigenvalue weighted by atomic mass is 19.1. The Kier molecular flexibility index (Phi) is 4.21. The maximum atomic E-state index is 13.9. The van der Waals surface area contributed by atoms with Gasteiger partial charge in [0, 0.05) is 26.1 Å². The smallest absolute Gasteiger partial charge is 0.175 e. The van der Waals surface area contributed by atoms with Crippen LogP contribution >= 0.6 is 0 Å². The Morgan fingerprint density at radius 1 is 1.63 bits per heavy atom. The van der Waals surface area contributed by atoms with Gasteiger partial charge < -0.3 is 20.6 Å². The second-order valence-electron chi connectivity index (χ2n) is 4.68. The van der Waals surface area contributed by atoms with E-state index in [9.17, 15) is 4.39 Å². The number of nitrogens with zero attached hydrogens (tertiary/aromatic N) is 2. The summed E-state index contributed by atoms with van der Waals surface area (Å²) >= 11 is 0. The molecule has 1 fully saturated rings. The fraction of sp³-hybridized carbons (Fsp3) is 0.462. The van der Waals surface area contributed by atoms with Crippen LogP contribution in [0.5, 0.6) is 0 Å². The number of anilines is 1. The molecule has 1 saturated heterocycles. The Labute approximate surface area is 111 Å². The molecule has 0 aromatic heterocycles. The molecule has 5 nitrogen and oxygen atoms in total. The molecular formula is C13H18FN3O2. The van der Waals surface area contributed by atoms with E-state index in [4.69, 9.17) is 15.7 Å². The normalized spacial score (nSPS) is 20.0. The van der Waals surface area contributed by atoms with E-state index in [0.29, 0.717) is 18.2 Å². The Hall–Kier alpha value is -1.82. The van der Waals surface area contributed by atoms with Crippen LogP contribution in [0.3, 0.4) is 0 Å². The number of oxime groups is 1. The summed E-state index contributed by atoms with van der Waals surface area (Å²) < 4.78 is 19.0. The lowest BCUT2D eigenvalue weighted by atomic mass is 10.1. The van der Waals surface area contributed by atoms with Gasteiger partial charge in [0.1, 0.15) is 5.82 Å². The van der Waals surface area contributed by atoms with E-state index in [2.05, 4.69) is 5.16 Å². The van der Waals surface area contributed by atoms with Crippen molar-refractivity contribution in [2.24, 2.45) is 16.8 Å². The van der Waals surface area contributed by atoms with E-state index in [1.165, 1.54) is 6.07 Å². The van der Waals surface area contributed by atoms with Gasteiger partial charge >= 0.3 is 0 Å². The molecule has 0 spiro atoms. The summed E-state index contributed by atoms with van der Waals surface area (Å²) in [5.41, 5.74) is 6.38. The molecule has 1 unspecified atom stereocenters. The third-order valence-corrected chi connectivity index (χ3v) is 3.38. The van der Waals surface area contributed by atoms with Crippen LogP contribution in [-0.4, -0.2) is 37.8 Å². The van der Waals surface area contributed by atoms with E-state index >= 15 is 0 Å². The second-order valence-corrected chi connectivity index (χ2v) is 4.68. The first-order valence-corrected chi connectivity index (χ1v) is 6.17. The Morgan fingerprint density at radius 2 is 2.42 bits per heavy atom. The molecule has 6 heteroatoms. The van der Waals surface area contributed by atoms with Gasteiger partial charge in [0.15, 0.2) is 5.84 Å². The van der Waals surface area contributed by atoms with Crippen LogP contribution in [0.2, 0.25) is 0 Å². The highest BCUT2D eigenvalue weighted by Gasteiger charge is 2.26. The predicted octanol–water partition coefficient (Wildman–Crippen LogP) is 1.39. The van der Waals surface area contributed by atoms with Crippen molar-refractivity contribution >= 4 is 11.5 Å². The first-order chi connectivity index (χ1) is 9.17. The van der Waals surface area contributed by atoms with E-state index < -0.39 is 5.82 Å². The van der Waals surface area contributed by atoms with Crippen LogP contribution in [0.25, 0.3) is 0 Å². The van der Waals surface area contributed by atoms with Crippen molar-refractivity contribution in [2.45, 2.75) is 6.42 Å². The van der Waals surface area contributed by atoms with Crippen molar-refractivity contribution in [3.63, 3.8) is 0 Å². The van der Waals surface area contributed by atoms with E-state index in [1.54, 1.807) is 19.2 Å². The van der Waals surface area contributed by atoms with Crippen molar-refractivity contribution in [1.82, 2.24) is 0 Å². The highest BCUT2D eigenvalue weighted by Crippen LogP contribution is 2.28. The molecule has 0 amide bonds. The summed E-state index contributed by atoms with van der Waals surface area (Å²) in [6.07, 6.45) is 0.986. The summed E-state index contributed by atoms with van der Waals surface area (Å²) in [6, 6.07) is 4.72. The molecule has 1 aromatic rings. The number of amidine groups is 1. The van der Waals surface area contributed by atoms with Gasteiger partial charge in [-0.05, 0) is 18.6 Å². The van der Waals surface area contributed by atoms with E-state index in [1.807, 2.05) is 4.90 Å². The Balaban J connectivity index is 2.28. The SMILES string of the molecule is COCC1CCN(c2cccc(F)c2C(N)=NO)C1. The number of methoxy groups -OCH3 is 1. The summed E-state index contributed by atoms with van der Waals surface area (Å²) in [6.45, 7) is 2.27. The molecule has 1 aromatic carbocycles. The van der Waals surface area contributed by atoms with Crippen molar-refractivity contribution in [3.05, 3.63) is 29.6 Å². The second kappa shape index (κ2) is 5.88. The fourth-order valence-corrected chi connectivity index (χ4v) is 2.50. The van der Waals surface area contributed by atoms with Gasteiger partial charge in [0.25, 0.3) is 0 Å². The monoisotopic (exact) mass is 267 g/mol. The predicted molar refractivity (Wildman–Crippen MR) is 71.1 cm³/mol. The minimum atomic E-state index is -0.483. The molecule has 2 rings (SSSR count). The molecule has 0 saturated carbocycles. The number of ether oxygens (including phenoxy) is 1. The van der Waals surface area contributed by atoms with Crippen LogP contribution in [0, 0.1) is 11.7 Å². The largest absolute Gasteiger partial charge is 0.409 e. The van der Waals surface area contributed by atoms with Gasteiger partial charge in [-0.2, -0.15) is 0 Å². The minimum absolute atomic E-state index is 0.156. The fourth-order valence-electron chi connectivity index (χ4n) is 2.50. The van der Waals surface area contributed by atoms with E-state index in [-0.39, 0.29) is 11.4 Å². The molecule has 3 N–H and O–H groups in total. The molecule has 0 bridgehead atoms. The molecule has 0 radical (unpaired) electrons. The van der Waals surface area contributed by atoms with Crippen molar-refractivity contribution in [1.29, 1.82) is 0 Å². The molecule has 19 heavy (non-hydrogen) atoms. The lowest BCUT2D eigenvalue weighted by Crippen LogP contribution is -2.26. The first-order valence-electron chi connectivity index (χ1n) is 6.17. The van der Waals surface area contributed by atoms with Gasteiger partial charge in [-0.1, -0.05) is 11.2 Å². The van der Waals surface area contributed by atoms with E-state index in [0.717, 1.165) is 19.5 Å². The molecule has 104 valence electrons. The summed E-state index contributed by atoms with van der Waals surface area (Å²) in [5.74, 6) is -0.264. The minimum Gasteiger partial charge on any atom is -0.409 e. The summed E-state index contributed by atoms with van der Waals surface area (Å²) in [7, 11) is 1.67. The number of rotatable bonds is 4. The maximum absolute atomic E-state index is 13.9. The van der Waals surface area contributed by atoms with Gasteiger partial charge in [-0.25, -0.2) is 4.39 Å². The Bertz CT molecular complexity index is 479. The van der Waals surface area contributed by atoms with Crippen molar-refractivity contribution in [3.8, 4) is 0 Å². The maximum Gasteiger partial charge on any atom is 0.175 e. The van der Waals surface area contributed by atoms with Gasteiger partial charge in [-0.15, -0.1) is 0 Å².